The van der Waals surface area contributed by atoms with Crippen LogP contribution in [0.25, 0.3) is 0 Å². The van der Waals surface area contributed by atoms with Crippen molar-refractivity contribution in [2.75, 3.05) is 18.0 Å². The zero-order valence-electron chi connectivity index (χ0n) is 10.8. The molecule has 3 N–H and O–H groups in total. The molecule has 0 aliphatic carbocycles. The summed E-state index contributed by atoms with van der Waals surface area (Å²) in [6.07, 6.45) is 1.87. The Balaban J connectivity index is 2.03. The Hall–Kier alpha value is -0.770. The van der Waals surface area contributed by atoms with E-state index in [1.54, 1.807) is 0 Å². The number of halogens is 1. The van der Waals surface area contributed by atoms with Crippen LogP contribution in [0.1, 0.15) is 25.3 Å². The highest BCUT2D eigenvalue weighted by Crippen LogP contribution is 2.28. The van der Waals surface area contributed by atoms with Crippen LogP contribution >= 0.6 is 11.6 Å². The second-order valence-electron chi connectivity index (χ2n) is 5.04. The monoisotopic (exact) mass is 268 g/mol. The van der Waals surface area contributed by atoms with Crippen LogP contribution in [0.5, 0.6) is 0 Å². The van der Waals surface area contributed by atoms with Crippen molar-refractivity contribution < 1.29 is 5.11 Å². The SMILES string of the molecule is CC(O)C1CCN(c2ccc(CN)c(Cl)c2)CC1. The second kappa shape index (κ2) is 5.91. The van der Waals surface area contributed by atoms with Gasteiger partial charge in [0.15, 0.2) is 0 Å². The molecule has 0 bridgehead atoms. The molecule has 1 aliphatic rings. The average Bonchev–Trinajstić information content (AvgIpc) is 2.38. The predicted molar refractivity (Wildman–Crippen MR) is 76.0 cm³/mol. The molecule has 3 nitrogen and oxygen atoms in total. The Morgan fingerprint density at radius 2 is 2.11 bits per heavy atom. The first-order valence-electron chi connectivity index (χ1n) is 6.53. The highest BCUT2D eigenvalue weighted by molar-refractivity contribution is 6.31. The number of anilines is 1. The van der Waals surface area contributed by atoms with Crippen molar-refractivity contribution in [2.45, 2.75) is 32.4 Å². The van der Waals surface area contributed by atoms with E-state index in [1.807, 2.05) is 19.1 Å². The van der Waals surface area contributed by atoms with E-state index in [0.29, 0.717) is 12.5 Å². The predicted octanol–water partition coefficient (Wildman–Crippen LogP) is 2.40. The van der Waals surface area contributed by atoms with Gasteiger partial charge in [0.2, 0.25) is 0 Å². The highest BCUT2D eigenvalue weighted by atomic mass is 35.5. The highest BCUT2D eigenvalue weighted by Gasteiger charge is 2.22. The van der Waals surface area contributed by atoms with E-state index in [9.17, 15) is 5.11 Å². The molecule has 100 valence electrons. The van der Waals surface area contributed by atoms with Crippen molar-refractivity contribution in [1.82, 2.24) is 0 Å². The molecular weight excluding hydrogens is 248 g/mol. The summed E-state index contributed by atoms with van der Waals surface area (Å²) in [4.78, 5) is 2.32. The largest absolute Gasteiger partial charge is 0.393 e. The van der Waals surface area contributed by atoms with E-state index < -0.39 is 0 Å². The number of piperidine rings is 1. The van der Waals surface area contributed by atoms with Crippen molar-refractivity contribution in [3.05, 3.63) is 28.8 Å². The third-order valence-corrected chi connectivity index (χ3v) is 4.20. The Kier molecular flexibility index (Phi) is 4.49. The van der Waals surface area contributed by atoms with Gasteiger partial charge >= 0.3 is 0 Å². The summed E-state index contributed by atoms with van der Waals surface area (Å²) in [5.41, 5.74) is 7.74. The average molecular weight is 269 g/mol. The molecule has 18 heavy (non-hydrogen) atoms. The minimum absolute atomic E-state index is 0.199. The van der Waals surface area contributed by atoms with Gasteiger partial charge in [0.1, 0.15) is 0 Å². The standard InChI is InChI=1S/C14H21ClN2O/c1-10(18)11-4-6-17(7-5-11)13-3-2-12(9-16)14(15)8-13/h2-3,8,10-11,18H,4-7,9,16H2,1H3. The number of benzene rings is 1. The first-order chi connectivity index (χ1) is 8.61. The third-order valence-electron chi connectivity index (χ3n) is 3.84. The molecule has 0 radical (unpaired) electrons. The second-order valence-corrected chi connectivity index (χ2v) is 5.45. The van der Waals surface area contributed by atoms with Crippen molar-refractivity contribution >= 4 is 17.3 Å². The van der Waals surface area contributed by atoms with Crippen LogP contribution in [-0.4, -0.2) is 24.3 Å². The van der Waals surface area contributed by atoms with Crippen LogP contribution in [0.2, 0.25) is 5.02 Å². The molecule has 2 rings (SSSR count). The van der Waals surface area contributed by atoms with E-state index in [4.69, 9.17) is 17.3 Å². The number of rotatable bonds is 3. The van der Waals surface area contributed by atoms with Gasteiger partial charge < -0.3 is 15.7 Å². The molecule has 1 heterocycles. The van der Waals surface area contributed by atoms with E-state index >= 15 is 0 Å². The van der Waals surface area contributed by atoms with Gasteiger partial charge in [0.05, 0.1) is 6.10 Å². The van der Waals surface area contributed by atoms with Crippen molar-refractivity contribution in [1.29, 1.82) is 0 Å². The molecular formula is C14H21ClN2O. The van der Waals surface area contributed by atoms with Gasteiger partial charge in [-0.1, -0.05) is 17.7 Å². The summed E-state index contributed by atoms with van der Waals surface area (Å²) < 4.78 is 0. The molecule has 0 spiro atoms. The quantitative estimate of drug-likeness (QED) is 0.885. The van der Waals surface area contributed by atoms with Crippen molar-refractivity contribution in [3.63, 3.8) is 0 Å². The molecule has 1 saturated heterocycles. The topological polar surface area (TPSA) is 49.5 Å². The van der Waals surface area contributed by atoms with Crippen molar-refractivity contribution in [2.24, 2.45) is 11.7 Å². The maximum atomic E-state index is 9.59. The van der Waals surface area contributed by atoms with Gasteiger partial charge in [0, 0.05) is 30.3 Å². The van der Waals surface area contributed by atoms with E-state index in [2.05, 4.69) is 11.0 Å². The zero-order valence-corrected chi connectivity index (χ0v) is 11.5. The lowest BCUT2D eigenvalue weighted by Gasteiger charge is -2.35. The molecule has 1 unspecified atom stereocenters. The fraction of sp³-hybridized carbons (Fsp3) is 0.571. The van der Waals surface area contributed by atoms with Crippen LogP contribution in [0.15, 0.2) is 18.2 Å². The molecule has 0 saturated carbocycles. The molecule has 1 atom stereocenters. The summed E-state index contributed by atoms with van der Waals surface area (Å²) in [6, 6.07) is 6.07. The van der Waals surface area contributed by atoms with Gasteiger partial charge in [0.25, 0.3) is 0 Å². The normalized spacial score (nSPS) is 19.0. The van der Waals surface area contributed by atoms with Gasteiger partial charge in [-0.2, -0.15) is 0 Å². The maximum absolute atomic E-state index is 9.59. The van der Waals surface area contributed by atoms with Gasteiger partial charge in [-0.3, -0.25) is 0 Å². The summed E-state index contributed by atoms with van der Waals surface area (Å²) in [7, 11) is 0. The summed E-state index contributed by atoms with van der Waals surface area (Å²) in [6.45, 7) is 4.32. The number of nitrogens with two attached hydrogens (primary N) is 1. The number of hydrogen-bond donors (Lipinski definition) is 2. The smallest absolute Gasteiger partial charge is 0.0541 e. The van der Waals surface area contributed by atoms with Crippen LogP contribution in [0.3, 0.4) is 0 Å². The number of nitrogens with zero attached hydrogens (tertiary/aromatic N) is 1. The Morgan fingerprint density at radius 3 is 2.61 bits per heavy atom. The Labute approximate surface area is 114 Å². The lowest BCUT2D eigenvalue weighted by Crippen LogP contribution is -2.37. The third kappa shape index (κ3) is 2.97. The first-order valence-corrected chi connectivity index (χ1v) is 6.91. The van der Waals surface area contributed by atoms with Crippen LogP contribution < -0.4 is 10.6 Å². The first kappa shape index (κ1) is 13.7. The van der Waals surface area contributed by atoms with Crippen molar-refractivity contribution in [3.8, 4) is 0 Å². The fourth-order valence-corrected chi connectivity index (χ4v) is 2.79. The zero-order chi connectivity index (χ0) is 13.1. The van der Waals surface area contributed by atoms with Gasteiger partial charge in [-0.25, -0.2) is 0 Å². The van der Waals surface area contributed by atoms with E-state index in [0.717, 1.165) is 42.2 Å². The summed E-state index contributed by atoms with van der Waals surface area (Å²) in [5.74, 6) is 0.431. The molecule has 0 aromatic heterocycles. The van der Waals surface area contributed by atoms with Crippen LogP contribution in [-0.2, 0) is 6.54 Å². The van der Waals surface area contributed by atoms with Gasteiger partial charge in [-0.15, -0.1) is 0 Å². The molecule has 0 amide bonds. The Bertz CT molecular complexity index is 401. The van der Waals surface area contributed by atoms with E-state index in [-0.39, 0.29) is 6.10 Å². The molecule has 1 aliphatic heterocycles. The summed E-state index contributed by atoms with van der Waals surface area (Å²) >= 11 is 6.18. The maximum Gasteiger partial charge on any atom is 0.0541 e. The molecule has 1 aromatic carbocycles. The van der Waals surface area contributed by atoms with E-state index in [1.165, 1.54) is 0 Å². The molecule has 4 heteroatoms. The number of hydrogen-bond acceptors (Lipinski definition) is 3. The minimum atomic E-state index is -0.199. The molecule has 1 fully saturated rings. The summed E-state index contributed by atoms with van der Waals surface area (Å²) in [5, 5.41) is 10.3. The van der Waals surface area contributed by atoms with Crippen LogP contribution in [0, 0.1) is 5.92 Å². The van der Waals surface area contributed by atoms with Crippen LogP contribution in [0.4, 0.5) is 5.69 Å². The minimum Gasteiger partial charge on any atom is -0.393 e. The lowest BCUT2D eigenvalue weighted by atomic mass is 9.92. The molecule has 1 aromatic rings. The fourth-order valence-electron chi connectivity index (χ4n) is 2.54. The Morgan fingerprint density at radius 1 is 1.44 bits per heavy atom. The lowest BCUT2D eigenvalue weighted by molar-refractivity contribution is 0.110. The number of aliphatic hydroxyl groups is 1. The van der Waals surface area contributed by atoms with Gasteiger partial charge in [-0.05, 0) is 43.4 Å². The number of aliphatic hydroxyl groups excluding tert-OH is 1.